The van der Waals surface area contributed by atoms with Crippen molar-refractivity contribution < 1.29 is 0 Å². The van der Waals surface area contributed by atoms with Crippen molar-refractivity contribution in [2.75, 3.05) is 0 Å². The molecule has 198 valence electrons. The van der Waals surface area contributed by atoms with Crippen LogP contribution in [-0.4, -0.2) is 14.5 Å². The number of hydrogen-bond donors (Lipinski definition) is 0. The molecule has 0 fully saturated rings. The molecule has 0 unspecified atom stereocenters. The standard InChI is InChI=1S/C40H23N3/c1-2-11-24(12-3-1)38-30-17-8-9-20-35(30)41-40(42-38)43-36-22-26-14-5-4-13-25(26)21-32(36)34-23-33-28-16-7-6-15-27(28)29-18-10-19-31(37(29)33)39(34)43/h1-23H. The molecule has 0 N–H and O–H groups in total. The lowest BCUT2D eigenvalue weighted by Gasteiger charge is -2.13. The Morgan fingerprint density at radius 2 is 1.12 bits per heavy atom. The molecule has 0 amide bonds. The summed E-state index contributed by atoms with van der Waals surface area (Å²) in [4.78, 5) is 10.6. The van der Waals surface area contributed by atoms with Gasteiger partial charge in [0.1, 0.15) is 0 Å². The van der Waals surface area contributed by atoms with Crippen LogP contribution in [0, 0.1) is 0 Å². The van der Waals surface area contributed by atoms with Crippen LogP contribution in [0.5, 0.6) is 0 Å². The maximum Gasteiger partial charge on any atom is 0.235 e. The Hall–Kier alpha value is -5.80. The summed E-state index contributed by atoms with van der Waals surface area (Å²) in [7, 11) is 0. The molecule has 43 heavy (non-hydrogen) atoms. The van der Waals surface area contributed by atoms with Crippen molar-refractivity contribution >= 4 is 54.3 Å². The Balaban J connectivity index is 1.42. The molecule has 10 rings (SSSR count). The van der Waals surface area contributed by atoms with Crippen molar-refractivity contribution in [1.82, 2.24) is 14.5 Å². The van der Waals surface area contributed by atoms with Crippen LogP contribution in [0.3, 0.4) is 0 Å². The predicted molar refractivity (Wildman–Crippen MR) is 179 cm³/mol. The Morgan fingerprint density at radius 1 is 0.442 bits per heavy atom. The van der Waals surface area contributed by atoms with Gasteiger partial charge < -0.3 is 0 Å². The van der Waals surface area contributed by atoms with Gasteiger partial charge in [-0.3, -0.25) is 4.57 Å². The molecular formula is C40H23N3. The van der Waals surface area contributed by atoms with E-state index in [2.05, 4.69) is 138 Å². The van der Waals surface area contributed by atoms with Crippen molar-refractivity contribution in [3.63, 3.8) is 0 Å². The lowest BCUT2D eigenvalue weighted by atomic mass is 9.98. The molecule has 3 nitrogen and oxygen atoms in total. The van der Waals surface area contributed by atoms with Crippen LogP contribution in [0.15, 0.2) is 140 Å². The summed E-state index contributed by atoms with van der Waals surface area (Å²) in [6, 6.07) is 49.9. The van der Waals surface area contributed by atoms with Crippen LogP contribution in [0.4, 0.5) is 0 Å². The first-order valence-corrected chi connectivity index (χ1v) is 14.7. The zero-order valence-corrected chi connectivity index (χ0v) is 23.1. The minimum absolute atomic E-state index is 0.684. The van der Waals surface area contributed by atoms with Crippen molar-refractivity contribution in [2.45, 2.75) is 0 Å². The molecule has 0 radical (unpaired) electrons. The van der Waals surface area contributed by atoms with E-state index in [0.717, 1.165) is 33.2 Å². The number of hydrogen-bond acceptors (Lipinski definition) is 2. The Morgan fingerprint density at radius 3 is 1.98 bits per heavy atom. The van der Waals surface area contributed by atoms with E-state index in [9.17, 15) is 0 Å². The smallest absolute Gasteiger partial charge is 0.235 e. The molecule has 2 aromatic heterocycles. The van der Waals surface area contributed by atoms with Crippen LogP contribution in [0.25, 0.3) is 93.7 Å². The minimum atomic E-state index is 0.684. The molecule has 3 heteroatoms. The van der Waals surface area contributed by atoms with Crippen LogP contribution < -0.4 is 0 Å². The summed E-state index contributed by atoms with van der Waals surface area (Å²) in [6.45, 7) is 0. The van der Waals surface area contributed by atoms with Crippen molar-refractivity contribution in [1.29, 1.82) is 0 Å². The highest BCUT2D eigenvalue weighted by molar-refractivity contribution is 6.28. The van der Waals surface area contributed by atoms with Gasteiger partial charge in [0.2, 0.25) is 5.95 Å². The van der Waals surface area contributed by atoms with Crippen LogP contribution >= 0.6 is 0 Å². The Labute approximate surface area is 247 Å². The molecular weight excluding hydrogens is 522 g/mol. The van der Waals surface area contributed by atoms with Gasteiger partial charge >= 0.3 is 0 Å². The fourth-order valence-electron chi connectivity index (χ4n) is 7.24. The number of aromatic nitrogens is 3. The lowest BCUT2D eigenvalue weighted by molar-refractivity contribution is 1.02. The molecule has 0 spiro atoms. The van der Waals surface area contributed by atoms with E-state index in [1.165, 1.54) is 54.6 Å². The van der Waals surface area contributed by atoms with E-state index in [1.807, 2.05) is 6.07 Å². The molecule has 9 aromatic rings. The first-order chi connectivity index (χ1) is 21.3. The van der Waals surface area contributed by atoms with E-state index in [1.54, 1.807) is 0 Å². The average molecular weight is 546 g/mol. The van der Waals surface area contributed by atoms with Gasteiger partial charge in [0.25, 0.3) is 0 Å². The first kappa shape index (κ1) is 22.8. The summed E-state index contributed by atoms with van der Waals surface area (Å²) in [5.74, 6) is 0.684. The highest BCUT2D eigenvalue weighted by atomic mass is 15.2. The van der Waals surface area contributed by atoms with E-state index in [-0.39, 0.29) is 0 Å². The molecule has 2 heterocycles. The third-order valence-electron chi connectivity index (χ3n) is 9.10. The highest BCUT2D eigenvalue weighted by Crippen LogP contribution is 2.51. The fourth-order valence-corrected chi connectivity index (χ4v) is 7.24. The largest absolute Gasteiger partial charge is 0.277 e. The predicted octanol–water partition coefficient (Wildman–Crippen LogP) is 10.3. The Kier molecular flexibility index (Phi) is 4.45. The molecule has 0 saturated heterocycles. The van der Waals surface area contributed by atoms with Crippen molar-refractivity contribution in [3.8, 4) is 39.5 Å². The third kappa shape index (κ3) is 3.08. The maximum atomic E-state index is 5.35. The van der Waals surface area contributed by atoms with Crippen LogP contribution in [0.2, 0.25) is 0 Å². The topological polar surface area (TPSA) is 30.7 Å². The normalized spacial score (nSPS) is 12.2. The average Bonchev–Trinajstić information content (AvgIpc) is 3.57. The second kappa shape index (κ2) is 8.37. The number of rotatable bonds is 2. The van der Waals surface area contributed by atoms with E-state index in [4.69, 9.17) is 9.97 Å². The van der Waals surface area contributed by atoms with Gasteiger partial charge in [-0.1, -0.05) is 115 Å². The zero-order valence-electron chi connectivity index (χ0n) is 23.1. The molecule has 0 atom stereocenters. The highest BCUT2D eigenvalue weighted by Gasteiger charge is 2.26. The quantitative estimate of drug-likeness (QED) is 0.216. The van der Waals surface area contributed by atoms with E-state index in [0.29, 0.717) is 5.95 Å². The minimum Gasteiger partial charge on any atom is -0.277 e. The molecule has 0 bridgehead atoms. The van der Waals surface area contributed by atoms with Gasteiger partial charge in [0.05, 0.1) is 22.2 Å². The van der Waals surface area contributed by atoms with Crippen molar-refractivity contribution in [2.24, 2.45) is 0 Å². The summed E-state index contributed by atoms with van der Waals surface area (Å²) in [5.41, 5.74) is 10.4. The second-order valence-corrected chi connectivity index (χ2v) is 11.4. The molecule has 7 aromatic carbocycles. The summed E-state index contributed by atoms with van der Waals surface area (Å²) in [5, 5.41) is 8.42. The van der Waals surface area contributed by atoms with Crippen molar-refractivity contribution in [3.05, 3.63) is 140 Å². The number of nitrogens with zero attached hydrogens (tertiary/aromatic N) is 3. The number of para-hydroxylation sites is 1. The first-order valence-electron chi connectivity index (χ1n) is 14.7. The SMILES string of the molecule is c1ccc(-c2nc(-n3c4cc5ccccc5cc4c4cc5c6c(cccc6c43)-c3ccccc3-5)nc3ccccc23)cc1. The summed E-state index contributed by atoms with van der Waals surface area (Å²) < 4.78 is 2.31. The van der Waals surface area contributed by atoms with Gasteiger partial charge in [-0.25, -0.2) is 9.97 Å². The number of fused-ring (bicyclic) bond motifs is 9. The van der Waals surface area contributed by atoms with Gasteiger partial charge in [-0.15, -0.1) is 0 Å². The lowest BCUT2D eigenvalue weighted by Crippen LogP contribution is -2.03. The van der Waals surface area contributed by atoms with Gasteiger partial charge in [0, 0.05) is 27.1 Å². The number of benzene rings is 7. The van der Waals surface area contributed by atoms with Crippen LogP contribution in [-0.2, 0) is 0 Å². The Bertz CT molecular complexity index is 2610. The zero-order chi connectivity index (χ0) is 28.1. The maximum absolute atomic E-state index is 5.35. The summed E-state index contributed by atoms with van der Waals surface area (Å²) in [6.07, 6.45) is 0. The van der Waals surface area contributed by atoms with E-state index >= 15 is 0 Å². The molecule has 0 aliphatic heterocycles. The third-order valence-corrected chi connectivity index (χ3v) is 9.10. The monoisotopic (exact) mass is 545 g/mol. The summed E-state index contributed by atoms with van der Waals surface area (Å²) >= 11 is 0. The van der Waals surface area contributed by atoms with Gasteiger partial charge in [-0.05, 0) is 62.7 Å². The van der Waals surface area contributed by atoms with E-state index < -0.39 is 0 Å². The fraction of sp³-hybridized carbons (Fsp3) is 0. The molecule has 1 aliphatic carbocycles. The molecule has 1 aliphatic rings. The van der Waals surface area contributed by atoms with Gasteiger partial charge in [-0.2, -0.15) is 0 Å². The molecule has 0 saturated carbocycles. The van der Waals surface area contributed by atoms with Gasteiger partial charge in [0.15, 0.2) is 0 Å². The second-order valence-electron chi connectivity index (χ2n) is 11.4. The van der Waals surface area contributed by atoms with Crippen LogP contribution in [0.1, 0.15) is 0 Å².